The van der Waals surface area contributed by atoms with Crippen molar-refractivity contribution in [2.75, 3.05) is 26.7 Å². The minimum Gasteiger partial charge on any atom is -0.317 e. The number of nitrogens with one attached hydrogen (secondary N) is 1. The van der Waals surface area contributed by atoms with Crippen LogP contribution < -0.4 is 5.32 Å². The van der Waals surface area contributed by atoms with Crippen molar-refractivity contribution in [3.8, 4) is 0 Å². The Balaban J connectivity index is 1.51. The third kappa shape index (κ3) is 2.76. The van der Waals surface area contributed by atoms with Gasteiger partial charge in [0.15, 0.2) is 0 Å². The van der Waals surface area contributed by atoms with Crippen LogP contribution in [0, 0.1) is 5.92 Å². The van der Waals surface area contributed by atoms with Crippen molar-refractivity contribution in [3.05, 3.63) is 35.9 Å². The fraction of sp³-hybridized carbons (Fsp3) is 0.625. The molecule has 0 radical (unpaired) electrons. The molecular weight excluding hydrogens is 220 g/mol. The quantitative estimate of drug-likeness (QED) is 0.875. The second-order valence-corrected chi connectivity index (χ2v) is 5.95. The van der Waals surface area contributed by atoms with Crippen molar-refractivity contribution >= 4 is 0 Å². The minimum atomic E-state index is 0.790. The van der Waals surface area contributed by atoms with E-state index in [1.54, 1.807) is 0 Å². The number of likely N-dealkylation sites (N-methyl/N-ethyl adjacent to an activating group) is 1. The summed E-state index contributed by atoms with van der Waals surface area (Å²) in [4.78, 5) is 2.60. The molecular formula is C16H24N2. The van der Waals surface area contributed by atoms with Crippen LogP contribution in [0.15, 0.2) is 30.3 Å². The van der Waals surface area contributed by atoms with E-state index in [0.717, 1.165) is 17.9 Å². The van der Waals surface area contributed by atoms with Crippen LogP contribution in [0.25, 0.3) is 0 Å². The molecule has 0 spiro atoms. The third-order valence-electron chi connectivity index (χ3n) is 4.56. The summed E-state index contributed by atoms with van der Waals surface area (Å²) in [5.41, 5.74) is 1.53. The van der Waals surface area contributed by atoms with Gasteiger partial charge in [0.2, 0.25) is 0 Å². The Hall–Kier alpha value is -0.860. The van der Waals surface area contributed by atoms with E-state index in [1.807, 2.05) is 0 Å². The van der Waals surface area contributed by atoms with Crippen LogP contribution in [-0.2, 0) is 0 Å². The first-order chi connectivity index (χ1) is 8.84. The Morgan fingerprint density at radius 1 is 1.17 bits per heavy atom. The monoisotopic (exact) mass is 244 g/mol. The molecule has 1 saturated carbocycles. The lowest BCUT2D eigenvalue weighted by molar-refractivity contribution is 0.230. The number of hydrogen-bond acceptors (Lipinski definition) is 2. The molecule has 18 heavy (non-hydrogen) atoms. The van der Waals surface area contributed by atoms with Gasteiger partial charge in [-0.3, -0.25) is 0 Å². The molecule has 1 aliphatic heterocycles. The van der Waals surface area contributed by atoms with E-state index in [1.165, 1.54) is 44.5 Å². The van der Waals surface area contributed by atoms with Crippen LogP contribution in [0.2, 0.25) is 0 Å². The summed E-state index contributed by atoms with van der Waals surface area (Å²) >= 11 is 0. The first kappa shape index (κ1) is 12.2. The summed E-state index contributed by atoms with van der Waals surface area (Å²) in [7, 11) is 2.32. The number of nitrogens with zero attached hydrogens (tertiary/aromatic N) is 1. The van der Waals surface area contributed by atoms with Gasteiger partial charge < -0.3 is 10.2 Å². The highest BCUT2D eigenvalue weighted by Gasteiger charge is 2.41. The molecule has 1 heterocycles. The lowest BCUT2D eigenvalue weighted by atomic mass is 9.97. The third-order valence-corrected chi connectivity index (χ3v) is 4.56. The van der Waals surface area contributed by atoms with Gasteiger partial charge in [-0.05, 0) is 50.9 Å². The number of hydrogen-bond donors (Lipinski definition) is 1. The maximum atomic E-state index is 3.45. The Kier molecular flexibility index (Phi) is 3.67. The van der Waals surface area contributed by atoms with Gasteiger partial charge in [0.05, 0.1) is 0 Å². The molecule has 0 aromatic heterocycles. The highest BCUT2D eigenvalue weighted by Crippen LogP contribution is 2.44. The van der Waals surface area contributed by atoms with Crippen LogP contribution in [0.1, 0.15) is 30.7 Å². The van der Waals surface area contributed by atoms with Gasteiger partial charge in [0, 0.05) is 18.5 Å². The average molecular weight is 244 g/mol. The molecule has 2 fully saturated rings. The molecule has 1 aliphatic carbocycles. The summed E-state index contributed by atoms with van der Waals surface area (Å²) in [5, 5.41) is 3.45. The SMILES string of the molecule is CN(CC1CCNCC1)[C@@H]1C[C@H]1c1ccccc1. The molecule has 0 unspecified atom stereocenters. The zero-order valence-corrected chi connectivity index (χ0v) is 11.3. The van der Waals surface area contributed by atoms with Crippen molar-refractivity contribution in [2.24, 2.45) is 5.92 Å². The van der Waals surface area contributed by atoms with E-state index < -0.39 is 0 Å². The predicted molar refractivity (Wildman–Crippen MR) is 75.8 cm³/mol. The van der Waals surface area contributed by atoms with E-state index in [0.29, 0.717) is 0 Å². The smallest absolute Gasteiger partial charge is 0.0168 e. The average Bonchev–Trinajstić information content (AvgIpc) is 3.21. The molecule has 3 rings (SSSR count). The van der Waals surface area contributed by atoms with Crippen molar-refractivity contribution in [1.82, 2.24) is 10.2 Å². The summed E-state index contributed by atoms with van der Waals surface area (Å²) < 4.78 is 0. The Labute approximate surface area is 110 Å². The molecule has 2 aliphatic rings. The summed E-state index contributed by atoms with van der Waals surface area (Å²) in [5.74, 6) is 1.70. The molecule has 98 valence electrons. The lowest BCUT2D eigenvalue weighted by Crippen LogP contribution is -2.35. The van der Waals surface area contributed by atoms with Crippen molar-refractivity contribution in [1.29, 1.82) is 0 Å². The molecule has 1 aromatic rings. The first-order valence-corrected chi connectivity index (χ1v) is 7.30. The van der Waals surface area contributed by atoms with Crippen molar-refractivity contribution in [2.45, 2.75) is 31.2 Å². The van der Waals surface area contributed by atoms with Crippen molar-refractivity contribution in [3.63, 3.8) is 0 Å². The van der Waals surface area contributed by atoms with E-state index in [9.17, 15) is 0 Å². The molecule has 2 atom stereocenters. The van der Waals surface area contributed by atoms with Crippen LogP contribution in [-0.4, -0.2) is 37.6 Å². The zero-order chi connectivity index (χ0) is 12.4. The maximum Gasteiger partial charge on any atom is 0.0168 e. The Morgan fingerprint density at radius 3 is 2.61 bits per heavy atom. The Morgan fingerprint density at radius 2 is 1.89 bits per heavy atom. The molecule has 2 heteroatoms. The topological polar surface area (TPSA) is 15.3 Å². The van der Waals surface area contributed by atoms with Crippen LogP contribution in [0.3, 0.4) is 0 Å². The van der Waals surface area contributed by atoms with E-state index in [2.05, 4.69) is 47.6 Å². The van der Waals surface area contributed by atoms with Crippen molar-refractivity contribution < 1.29 is 0 Å². The van der Waals surface area contributed by atoms with Gasteiger partial charge in [-0.25, -0.2) is 0 Å². The van der Waals surface area contributed by atoms with Gasteiger partial charge in [0.1, 0.15) is 0 Å². The van der Waals surface area contributed by atoms with E-state index in [-0.39, 0.29) is 0 Å². The van der Waals surface area contributed by atoms with Crippen LogP contribution in [0.4, 0.5) is 0 Å². The van der Waals surface area contributed by atoms with Gasteiger partial charge in [-0.1, -0.05) is 30.3 Å². The molecule has 1 saturated heterocycles. The first-order valence-electron chi connectivity index (χ1n) is 7.30. The van der Waals surface area contributed by atoms with Gasteiger partial charge in [0.25, 0.3) is 0 Å². The van der Waals surface area contributed by atoms with Gasteiger partial charge in [-0.2, -0.15) is 0 Å². The second-order valence-electron chi connectivity index (χ2n) is 5.95. The number of piperidine rings is 1. The standard InChI is InChI=1S/C16H24N2/c1-18(12-13-7-9-17-10-8-13)16-11-15(16)14-5-3-2-4-6-14/h2-6,13,15-17H,7-12H2,1H3/t15-,16+/m0/s1. The molecule has 0 bridgehead atoms. The Bertz CT molecular complexity index is 370. The van der Waals surface area contributed by atoms with E-state index >= 15 is 0 Å². The van der Waals surface area contributed by atoms with Gasteiger partial charge >= 0.3 is 0 Å². The van der Waals surface area contributed by atoms with Crippen LogP contribution >= 0.6 is 0 Å². The summed E-state index contributed by atoms with van der Waals surface area (Å²) in [6.45, 7) is 3.71. The summed E-state index contributed by atoms with van der Waals surface area (Å²) in [6.07, 6.45) is 4.06. The number of benzene rings is 1. The predicted octanol–water partition coefficient (Wildman–Crippen LogP) is 2.47. The fourth-order valence-electron chi connectivity index (χ4n) is 3.33. The maximum absolute atomic E-state index is 3.45. The fourth-order valence-corrected chi connectivity index (χ4v) is 3.33. The molecule has 2 nitrogen and oxygen atoms in total. The highest BCUT2D eigenvalue weighted by molar-refractivity contribution is 5.27. The normalized spacial score (nSPS) is 28.6. The summed E-state index contributed by atoms with van der Waals surface area (Å²) in [6, 6.07) is 11.8. The number of rotatable bonds is 4. The lowest BCUT2D eigenvalue weighted by Gasteiger charge is -2.27. The molecule has 1 N–H and O–H groups in total. The zero-order valence-electron chi connectivity index (χ0n) is 11.3. The van der Waals surface area contributed by atoms with Crippen LogP contribution in [0.5, 0.6) is 0 Å². The minimum absolute atomic E-state index is 0.790. The largest absolute Gasteiger partial charge is 0.317 e. The highest BCUT2D eigenvalue weighted by atomic mass is 15.2. The second kappa shape index (κ2) is 5.41. The van der Waals surface area contributed by atoms with E-state index in [4.69, 9.17) is 0 Å². The molecule has 1 aromatic carbocycles. The van der Waals surface area contributed by atoms with Gasteiger partial charge in [-0.15, -0.1) is 0 Å². The molecule has 0 amide bonds.